The standard InChI is InChI=1S/C13H17BO3.C2H6O/c1-12(2)13(3,4)17-14(16-12)11-7-5-10(9-15)6-8-11;1-3-2/h5-9H,1-4H3;1-2H3. The molecule has 2 rings (SSSR count). The van der Waals surface area contributed by atoms with Crippen LogP contribution >= 0.6 is 0 Å². The van der Waals surface area contributed by atoms with Gasteiger partial charge in [0.05, 0.1) is 11.2 Å². The fourth-order valence-corrected chi connectivity index (χ4v) is 1.71. The summed E-state index contributed by atoms with van der Waals surface area (Å²) < 4.78 is 16.1. The molecule has 0 aromatic heterocycles. The Hall–Kier alpha value is -1.17. The van der Waals surface area contributed by atoms with Crippen molar-refractivity contribution in [3.63, 3.8) is 0 Å². The SMILES string of the molecule is CC1(C)OB(c2ccc(C=O)cc2)OC1(C)C.COC. The smallest absolute Gasteiger partial charge is 0.399 e. The quantitative estimate of drug-likeness (QED) is 0.613. The molecule has 0 bridgehead atoms. The molecular formula is C15H23BO4. The van der Waals surface area contributed by atoms with Gasteiger partial charge >= 0.3 is 7.12 Å². The highest BCUT2D eigenvalue weighted by Gasteiger charge is 2.51. The van der Waals surface area contributed by atoms with Gasteiger partial charge in [0.15, 0.2) is 0 Å². The lowest BCUT2D eigenvalue weighted by Gasteiger charge is -2.32. The van der Waals surface area contributed by atoms with Crippen LogP contribution in [0.1, 0.15) is 38.1 Å². The summed E-state index contributed by atoms with van der Waals surface area (Å²) in [7, 11) is 2.89. The van der Waals surface area contributed by atoms with Gasteiger partial charge in [-0.05, 0) is 33.2 Å². The fraction of sp³-hybridized carbons (Fsp3) is 0.533. The van der Waals surface area contributed by atoms with Crippen LogP contribution in [0.4, 0.5) is 0 Å². The van der Waals surface area contributed by atoms with Crippen molar-refractivity contribution in [2.24, 2.45) is 0 Å². The predicted octanol–water partition coefficient (Wildman–Crippen LogP) is 2.06. The molecule has 0 unspecified atom stereocenters. The van der Waals surface area contributed by atoms with Gasteiger partial charge < -0.3 is 14.0 Å². The number of benzene rings is 1. The Morgan fingerprint density at radius 1 is 1.00 bits per heavy atom. The van der Waals surface area contributed by atoms with Crippen LogP contribution in [0.15, 0.2) is 24.3 Å². The van der Waals surface area contributed by atoms with Crippen molar-refractivity contribution in [3.8, 4) is 0 Å². The molecule has 20 heavy (non-hydrogen) atoms. The number of ether oxygens (including phenoxy) is 1. The molecule has 1 saturated heterocycles. The Labute approximate surface area is 121 Å². The zero-order chi connectivity index (χ0) is 15.4. The van der Waals surface area contributed by atoms with E-state index in [-0.39, 0.29) is 18.3 Å². The van der Waals surface area contributed by atoms with Gasteiger partial charge in [0, 0.05) is 19.8 Å². The van der Waals surface area contributed by atoms with E-state index >= 15 is 0 Å². The van der Waals surface area contributed by atoms with Crippen molar-refractivity contribution in [1.82, 2.24) is 0 Å². The maximum atomic E-state index is 10.6. The van der Waals surface area contributed by atoms with Crippen molar-refractivity contribution < 1.29 is 18.8 Å². The van der Waals surface area contributed by atoms with E-state index < -0.39 is 0 Å². The van der Waals surface area contributed by atoms with Crippen molar-refractivity contribution in [2.45, 2.75) is 38.9 Å². The van der Waals surface area contributed by atoms with E-state index in [1.165, 1.54) is 0 Å². The first-order chi connectivity index (χ1) is 9.27. The van der Waals surface area contributed by atoms with Crippen LogP contribution in [0.3, 0.4) is 0 Å². The molecule has 0 N–H and O–H groups in total. The summed E-state index contributed by atoms with van der Waals surface area (Å²) in [6.45, 7) is 8.08. The summed E-state index contributed by atoms with van der Waals surface area (Å²) in [5, 5.41) is 0. The highest BCUT2D eigenvalue weighted by Crippen LogP contribution is 2.36. The highest BCUT2D eigenvalue weighted by molar-refractivity contribution is 6.62. The van der Waals surface area contributed by atoms with Crippen LogP contribution in [0.5, 0.6) is 0 Å². The third-order valence-electron chi connectivity index (χ3n) is 3.60. The zero-order valence-electron chi connectivity index (χ0n) is 13.1. The molecule has 5 heteroatoms. The molecule has 0 atom stereocenters. The van der Waals surface area contributed by atoms with Crippen LogP contribution in [-0.2, 0) is 14.0 Å². The Bertz CT molecular complexity index is 424. The van der Waals surface area contributed by atoms with Crippen LogP contribution in [-0.4, -0.2) is 38.8 Å². The molecule has 0 amide bonds. The highest BCUT2D eigenvalue weighted by atomic mass is 16.7. The lowest BCUT2D eigenvalue weighted by molar-refractivity contribution is 0.00578. The molecule has 0 aliphatic carbocycles. The number of carbonyl (C=O) groups is 1. The van der Waals surface area contributed by atoms with Gasteiger partial charge in [0.25, 0.3) is 0 Å². The summed E-state index contributed by atoms with van der Waals surface area (Å²) in [5.41, 5.74) is 0.932. The molecule has 1 aliphatic heterocycles. The van der Waals surface area contributed by atoms with Gasteiger partial charge in [-0.3, -0.25) is 4.79 Å². The summed E-state index contributed by atoms with van der Waals surface area (Å²) in [5.74, 6) is 0. The average Bonchev–Trinajstić information content (AvgIpc) is 2.60. The second-order valence-electron chi connectivity index (χ2n) is 5.78. The maximum Gasteiger partial charge on any atom is 0.494 e. The van der Waals surface area contributed by atoms with Crippen molar-refractivity contribution in [2.75, 3.05) is 14.2 Å². The van der Waals surface area contributed by atoms with Crippen molar-refractivity contribution in [1.29, 1.82) is 0 Å². The van der Waals surface area contributed by atoms with E-state index in [2.05, 4.69) is 4.74 Å². The summed E-state index contributed by atoms with van der Waals surface area (Å²) in [6.07, 6.45) is 0.827. The molecule has 1 aromatic carbocycles. The minimum absolute atomic E-state index is 0.332. The second kappa shape index (κ2) is 6.52. The summed E-state index contributed by atoms with van der Waals surface area (Å²) in [4.78, 5) is 10.6. The number of aldehydes is 1. The number of methoxy groups -OCH3 is 1. The van der Waals surface area contributed by atoms with Gasteiger partial charge in [0.1, 0.15) is 6.29 Å². The Morgan fingerprint density at radius 2 is 1.40 bits per heavy atom. The summed E-state index contributed by atoms with van der Waals surface area (Å²) in [6, 6.07) is 7.28. The summed E-state index contributed by atoms with van der Waals surface area (Å²) >= 11 is 0. The van der Waals surface area contributed by atoms with E-state index in [1.54, 1.807) is 26.4 Å². The third kappa shape index (κ3) is 3.69. The zero-order valence-corrected chi connectivity index (χ0v) is 13.1. The number of carbonyl (C=O) groups excluding carboxylic acids is 1. The van der Waals surface area contributed by atoms with E-state index in [0.29, 0.717) is 5.56 Å². The topological polar surface area (TPSA) is 44.8 Å². The molecule has 1 fully saturated rings. The third-order valence-corrected chi connectivity index (χ3v) is 3.60. The minimum Gasteiger partial charge on any atom is -0.399 e. The average molecular weight is 278 g/mol. The van der Waals surface area contributed by atoms with Gasteiger partial charge in [-0.15, -0.1) is 0 Å². The number of hydrogen-bond donors (Lipinski definition) is 0. The Morgan fingerprint density at radius 3 is 1.75 bits per heavy atom. The molecule has 0 spiro atoms. The molecule has 110 valence electrons. The first-order valence-electron chi connectivity index (χ1n) is 6.58. The molecule has 1 aromatic rings. The fourth-order valence-electron chi connectivity index (χ4n) is 1.71. The second-order valence-corrected chi connectivity index (χ2v) is 5.78. The van der Waals surface area contributed by atoms with Gasteiger partial charge in [-0.25, -0.2) is 0 Å². The predicted molar refractivity (Wildman–Crippen MR) is 80.5 cm³/mol. The molecule has 0 radical (unpaired) electrons. The van der Waals surface area contributed by atoms with E-state index in [4.69, 9.17) is 9.31 Å². The normalized spacial score (nSPS) is 19.2. The first-order valence-corrected chi connectivity index (χ1v) is 6.58. The molecular weight excluding hydrogens is 255 g/mol. The lowest BCUT2D eigenvalue weighted by atomic mass is 9.79. The van der Waals surface area contributed by atoms with Gasteiger partial charge in [-0.1, -0.05) is 24.3 Å². The Kier molecular flexibility index (Phi) is 5.51. The number of hydrogen-bond acceptors (Lipinski definition) is 4. The lowest BCUT2D eigenvalue weighted by Crippen LogP contribution is -2.41. The van der Waals surface area contributed by atoms with Crippen LogP contribution < -0.4 is 5.46 Å². The van der Waals surface area contributed by atoms with Crippen LogP contribution in [0.25, 0.3) is 0 Å². The molecule has 4 nitrogen and oxygen atoms in total. The van der Waals surface area contributed by atoms with Crippen LogP contribution in [0, 0.1) is 0 Å². The maximum absolute atomic E-state index is 10.6. The van der Waals surface area contributed by atoms with Crippen molar-refractivity contribution >= 4 is 18.9 Å². The monoisotopic (exact) mass is 278 g/mol. The Balaban J connectivity index is 0.000000612. The largest absolute Gasteiger partial charge is 0.494 e. The van der Waals surface area contributed by atoms with Crippen LogP contribution in [0.2, 0.25) is 0 Å². The van der Waals surface area contributed by atoms with Crippen molar-refractivity contribution in [3.05, 3.63) is 29.8 Å². The van der Waals surface area contributed by atoms with E-state index in [1.807, 2.05) is 39.8 Å². The first kappa shape index (κ1) is 16.9. The molecule has 1 heterocycles. The van der Waals surface area contributed by atoms with E-state index in [9.17, 15) is 4.79 Å². The molecule has 1 aliphatic rings. The van der Waals surface area contributed by atoms with E-state index in [0.717, 1.165) is 11.7 Å². The van der Waals surface area contributed by atoms with Gasteiger partial charge in [0.2, 0.25) is 0 Å². The van der Waals surface area contributed by atoms with Gasteiger partial charge in [-0.2, -0.15) is 0 Å². The minimum atomic E-state index is -0.360. The number of rotatable bonds is 2. The molecule has 0 saturated carbocycles.